The normalized spacial score (nSPS) is 23.0. The molecule has 1 saturated heterocycles. The topological polar surface area (TPSA) is 15.3 Å². The number of likely N-dealkylation sites (tertiary alicyclic amines) is 1. The van der Waals surface area contributed by atoms with Crippen LogP contribution in [-0.2, 0) is 0 Å². The summed E-state index contributed by atoms with van der Waals surface area (Å²) in [5.74, 6) is 0.551. The summed E-state index contributed by atoms with van der Waals surface area (Å²) >= 11 is 0. The van der Waals surface area contributed by atoms with Crippen molar-refractivity contribution in [2.75, 3.05) is 19.6 Å². The average molecular weight is 292 g/mol. The van der Waals surface area contributed by atoms with E-state index in [0.717, 1.165) is 5.56 Å². The van der Waals surface area contributed by atoms with Gasteiger partial charge in [0.25, 0.3) is 0 Å². The quantitative estimate of drug-likeness (QED) is 0.853. The molecule has 2 rings (SSSR count). The van der Waals surface area contributed by atoms with Crippen LogP contribution in [0.25, 0.3) is 0 Å². The van der Waals surface area contributed by atoms with Crippen molar-refractivity contribution in [3.05, 3.63) is 35.6 Å². The summed E-state index contributed by atoms with van der Waals surface area (Å²) in [6.45, 7) is 10.4. The molecule has 0 radical (unpaired) electrons. The van der Waals surface area contributed by atoms with E-state index in [1.807, 2.05) is 12.1 Å². The summed E-state index contributed by atoms with van der Waals surface area (Å²) in [6, 6.07) is 7.60. The largest absolute Gasteiger partial charge is 0.307 e. The third-order valence-corrected chi connectivity index (χ3v) is 4.67. The minimum atomic E-state index is -0.165. The van der Waals surface area contributed by atoms with E-state index < -0.39 is 0 Å². The first-order valence-electron chi connectivity index (χ1n) is 8.34. The van der Waals surface area contributed by atoms with E-state index in [9.17, 15) is 4.39 Å². The van der Waals surface area contributed by atoms with Gasteiger partial charge in [0.15, 0.2) is 0 Å². The molecule has 21 heavy (non-hydrogen) atoms. The molecule has 0 amide bonds. The Morgan fingerprint density at radius 2 is 2.00 bits per heavy atom. The Morgan fingerprint density at radius 3 is 2.67 bits per heavy atom. The Morgan fingerprint density at radius 1 is 1.29 bits per heavy atom. The van der Waals surface area contributed by atoms with Crippen LogP contribution in [0.4, 0.5) is 4.39 Å². The van der Waals surface area contributed by atoms with Gasteiger partial charge in [-0.3, -0.25) is 0 Å². The maximum Gasteiger partial charge on any atom is 0.123 e. The SMILES string of the molecule is CCCN1CCCC(C(C)NC(C)c2ccc(F)cc2)C1. The highest BCUT2D eigenvalue weighted by atomic mass is 19.1. The molecule has 1 aromatic carbocycles. The van der Waals surface area contributed by atoms with Crippen molar-refractivity contribution in [3.8, 4) is 0 Å². The maximum atomic E-state index is 13.0. The Kier molecular flexibility index (Phi) is 6.19. The molecule has 0 saturated carbocycles. The maximum absolute atomic E-state index is 13.0. The number of rotatable bonds is 6. The van der Waals surface area contributed by atoms with E-state index in [0.29, 0.717) is 12.0 Å². The molecular formula is C18H29FN2. The molecular weight excluding hydrogens is 263 g/mol. The van der Waals surface area contributed by atoms with Gasteiger partial charge >= 0.3 is 0 Å². The number of piperidine rings is 1. The summed E-state index contributed by atoms with van der Waals surface area (Å²) in [4.78, 5) is 2.59. The van der Waals surface area contributed by atoms with E-state index in [1.165, 1.54) is 38.9 Å². The zero-order chi connectivity index (χ0) is 15.2. The molecule has 0 aliphatic carbocycles. The van der Waals surface area contributed by atoms with Crippen LogP contribution < -0.4 is 5.32 Å². The van der Waals surface area contributed by atoms with Gasteiger partial charge in [-0.05, 0) is 69.8 Å². The first-order valence-corrected chi connectivity index (χ1v) is 8.34. The van der Waals surface area contributed by atoms with Crippen molar-refractivity contribution in [2.45, 2.75) is 52.1 Å². The number of halogens is 1. The molecule has 1 aromatic rings. The van der Waals surface area contributed by atoms with Crippen LogP contribution in [-0.4, -0.2) is 30.6 Å². The molecule has 1 heterocycles. The second-order valence-electron chi connectivity index (χ2n) is 6.43. The van der Waals surface area contributed by atoms with Crippen LogP contribution in [0.5, 0.6) is 0 Å². The molecule has 0 aromatic heterocycles. The molecule has 0 spiro atoms. The number of nitrogens with zero attached hydrogens (tertiary/aromatic N) is 1. The van der Waals surface area contributed by atoms with Gasteiger partial charge in [0, 0.05) is 18.6 Å². The number of hydrogen-bond donors (Lipinski definition) is 1. The molecule has 1 aliphatic rings. The van der Waals surface area contributed by atoms with E-state index in [4.69, 9.17) is 0 Å². The van der Waals surface area contributed by atoms with Gasteiger partial charge < -0.3 is 10.2 Å². The third kappa shape index (κ3) is 4.79. The monoisotopic (exact) mass is 292 g/mol. The van der Waals surface area contributed by atoms with E-state index in [1.54, 1.807) is 12.1 Å². The highest BCUT2D eigenvalue weighted by molar-refractivity contribution is 5.19. The Bertz CT molecular complexity index is 416. The number of hydrogen-bond acceptors (Lipinski definition) is 2. The van der Waals surface area contributed by atoms with Crippen LogP contribution in [0.15, 0.2) is 24.3 Å². The molecule has 118 valence electrons. The van der Waals surface area contributed by atoms with Crippen molar-refractivity contribution < 1.29 is 4.39 Å². The van der Waals surface area contributed by atoms with Crippen molar-refractivity contribution in [1.82, 2.24) is 10.2 Å². The predicted octanol–water partition coefficient (Wildman–Crippen LogP) is 3.99. The summed E-state index contributed by atoms with van der Waals surface area (Å²) in [7, 11) is 0. The van der Waals surface area contributed by atoms with Gasteiger partial charge in [-0.2, -0.15) is 0 Å². The second-order valence-corrected chi connectivity index (χ2v) is 6.43. The minimum absolute atomic E-state index is 0.165. The van der Waals surface area contributed by atoms with Crippen LogP contribution in [0, 0.1) is 11.7 Å². The number of nitrogens with one attached hydrogen (secondary N) is 1. The van der Waals surface area contributed by atoms with Crippen LogP contribution >= 0.6 is 0 Å². The molecule has 0 bridgehead atoms. The third-order valence-electron chi connectivity index (χ3n) is 4.67. The highest BCUT2D eigenvalue weighted by Crippen LogP contribution is 2.22. The fraction of sp³-hybridized carbons (Fsp3) is 0.667. The first kappa shape index (κ1) is 16.4. The minimum Gasteiger partial charge on any atom is -0.307 e. The summed E-state index contributed by atoms with van der Waals surface area (Å²) in [5.41, 5.74) is 1.16. The van der Waals surface area contributed by atoms with Crippen molar-refractivity contribution in [2.24, 2.45) is 5.92 Å². The van der Waals surface area contributed by atoms with Crippen LogP contribution in [0.3, 0.4) is 0 Å². The van der Waals surface area contributed by atoms with Gasteiger partial charge in [-0.25, -0.2) is 4.39 Å². The molecule has 3 atom stereocenters. The summed E-state index contributed by atoms with van der Waals surface area (Å²) in [6.07, 6.45) is 3.85. The molecule has 1 fully saturated rings. The van der Waals surface area contributed by atoms with Crippen molar-refractivity contribution >= 4 is 0 Å². The average Bonchev–Trinajstić information content (AvgIpc) is 2.48. The van der Waals surface area contributed by atoms with Gasteiger partial charge in [0.05, 0.1) is 0 Å². The lowest BCUT2D eigenvalue weighted by Crippen LogP contribution is -2.45. The highest BCUT2D eigenvalue weighted by Gasteiger charge is 2.25. The molecule has 2 nitrogen and oxygen atoms in total. The summed E-state index contributed by atoms with van der Waals surface area (Å²) in [5, 5.41) is 3.70. The van der Waals surface area contributed by atoms with Crippen LogP contribution in [0.1, 0.15) is 51.6 Å². The smallest absolute Gasteiger partial charge is 0.123 e. The summed E-state index contributed by atoms with van der Waals surface area (Å²) < 4.78 is 13.0. The lowest BCUT2D eigenvalue weighted by atomic mass is 9.90. The van der Waals surface area contributed by atoms with E-state index >= 15 is 0 Å². The van der Waals surface area contributed by atoms with E-state index in [2.05, 4.69) is 31.0 Å². The van der Waals surface area contributed by atoms with Gasteiger partial charge in [-0.1, -0.05) is 19.1 Å². The standard InChI is InChI=1S/C18H29FN2/c1-4-11-21-12-5-6-17(13-21)15(3)20-14(2)16-7-9-18(19)10-8-16/h7-10,14-15,17,20H,4-6,11-13H2,1-3H3. The molecule has 1 N–H and O–H groups in total. The van der Waals surface area contributed by atoms with Crippen molar-refractivity contribution in [3.63, 3.8) is 0 Å². The molecule has 3 unspecified atom stereocenters. The number of benzene rings is 1. The van der Waals surface area contributed by atoms with Gasteiger partial charge in [-0.15, -0.1) is 0 Å². The fourth-order valence-electron chi connectivity index (χ4n) is 3.40. The van der Waals surface area contributed by atoms with Gasteiger partial charge in [0.2, 0.25) is 0 Å². The van der Waals surface area contributed by atoms with Gasteiger partial charge in [0.1, 0.15) is 5.82 Å². The van der Waals surface area contributed by atoms with Crippen LogP contribution in [0.2, 0.25) is 0 Å². The zero-order valence-corrected chi connectivity index (χ0v) is 13.6. The second kappa shape index (κ2) is 7.90. The zero-order valence-electron chi connectivity index (χ0n) is 13.6. The Labute approximate surface area is 128 Å². The lowest BCUT2D eigenvalue weighted by Gasteiger charge is -2.37. The molecule has 1 aliphatic heterocycles. The molecule has 3 heteroatoms. The van der Waals surface area contributed by atoms with E-state index in [-0.39, 0.29) is 11.9 Å². The fourth-order valence-corrected chi connectivity index (χ4v) is 3.40. The lowest BCUT2D eigenvalue weighted by molar-refractivity contribution is 0.147. The predicted molar refractivity (Wildman–Crippen MR) is 86.9 cm³/mol. The Hall–Kier alpha value is -0.930. The van der Waals surface area contributed by atoms with Crippen molar-refractivity contribution in [1.29, 1.82) is 0 Å². The first-order chi connectivity index (χ1) is 10.1. The Balaban J connectivity index is 1.88.